The minimum Gasteiger partial charge on any atom is -0.326 e. The Bertz CT molecular complexity index is 1360. The molecule has 0 spiro atoms. The molecule has 0 radical (unpaired) electrons. The Morgan fingerprint density at radius 2 is 1.97 bits per heavy atom. The number of pyridine rings is 2. The Morgan fingerprint density at radius 3 is 2.77 bits per heavy atom. The zero-order chi connectivity index (χ0) is 24.4. The van der Waals surface area contributed by atoms with Gasteiger partial charge < -0.3 is 20.9 Å². The lowest BCUT2D eigenvalue weighted by Gasteiger charge is -2.33. The molecule has 0 bridgehead atoms. The van der Waals surface area contributed by atoms with E-state index in [4.69, 9.17) is 12.3 Å². The first-order chi connectivity index (χ1) is 17.0. The Morgan fingerprint density at radius 1 is 1.17 bits per heavy atom. The lowest BCUT2D eigenvalue weighted by molar-refractivity contribution is -0.113. The maximum Gasteiger partial charge on any atom is 0.251 e. The summed E-state index contributed by atoms with van der Waals surface area (Å²) in [5.41, 5.74) is 8.73. The number of anilines is 1. The van der Waals surface area contributed by atoms with E-state index in [9.17, 15) is 9.59 Å². The average Bonchev–Trinajstić information content (AvgIpc) is 2.88. The summed E-state index contributed by atoms with van der Waals surface area (Å²) in [5.74, 6) is 1.43. The number of aromatic nitrogens is 2. The minimum absolute atomic E-state index is 0.00707. The van der Waals surface area contributed by atoms with Gasteiger partial charge in [-0.05, 0) is 61.3 Å². The van der Waals surface area contributed by atoms with Crippen LogP contribution in [0.1, 0.15) is 31.4 Å². The number of nitrogens with one attached hydrogen (secondary N) is 2. The van der Waals surface area contributed by atoms with Crippen molar-refractivity contribution in [3.8, 4) is 0 Å². The van der Waals surface area contributed by atoms with Crippen molar-refractivity contribution in [2.24, 2.45) is 11.7 Å². The number of fused-ring (bicyclic) bond motifs is 2. The molecule has 1 atom stereocenters. The zero-order valence-corrected chi connectivity index (χ0v) is 20.2. The number of carbonyl (C=O) groups is 1. The van der Waals surface area contributed by atoms with Crippen LogP contribution in [-0.4, -0.2) is 33.3 Å². The molecule has 3 heterocycles. The van der Waals surface area contributed by atoms with Crippen molar-refractivity contribution in [2.75, 3.05) is 11.1 Å². The van der Waals surface area contributed by atoms with Crippen LogP contribution < -0.4 is 21.9 Å². The number of hydrogen-bond donors (Lipinski definition) is 3. The van der Waals surface area contributed by atoms with E-state index >= 15 is 0 Å². The molecule has 2 aromatic heterocycles. The maximum absolute atomic E-state index is 12.6. The molecule has 0 saturated heterocycles. The highest BCUT2D eigenvalue weighted by atomic mass is 32.2. The van der Waals surface area contributed by atoms with Crippen LogP contribution in [0.2, 0.25) is 0 Å². The largest absolute Gasteiger partial charge is 0.326 e. The van der Waals surface area contributed by atoms with Gasteiger partial charge in [-0.15, -0.1) is 11.8 Å². The molecule has 8 nitrogen and oxygen atoms in total. The Hall–Kier alpha value is -3.19. The Kier molecular flexibility index (Phi) is 6.86. The first-order valence-electron chi connectivity index (χ1n) is 11.9. The van der Waals surface area contributed by atoms with Crippen molar-refractivity contribution < 1.29 is 4.79 Å². The smallest absolute Gasteiger partial charge is 0.251 e. The second kappa shape index (κ2) is 10.2. The van der Waals surface area contributed by atoms with Gasteiger partial charge in [0.25, 0.3) is 5.56 Å². The molecular weight excluding hydrogens is 460 g/mol. The summed E-state index contributed by atoms with van der Waals surface area (Å²) < 4.78 is 1.72. The molecule has 2 aliphatic rings. The van der Waals surface area contributed by atoms with E-state index in [2.05, 4.69) is 20.5 Å². The predicted octanol–water partition coefficient (Wildman–Crippen LogP) is 3.67. The van der Waals surface area contributed by atoms with Crippen LogP contribution in [-0.2, 0) is 17.9 Å². The van der Waals surface area contributed by atoms with Crippen molar-refractivity contribution in [2.45, 2.75) is 55.8 Å². The first-order valence-corrected chi connectivity index (χ1v) is 12.9. The molecule has 1 unspecified atom stereocenters. The third-order valence-corrected chi connectivity index (χ3v) is 8.03. The summed E-state index contributed by atoms with van der Waals surface area (Å²) in [7, 11) is 0. The van der Waals surface area contributed by atoms with Crippen LogP contribution in [0.3, 0.4) is 0 Å². The molecular formula is C26H28N6O2S. The number of benzene rings is 1. The van der Waals surface area contributed by atoms with E-state index in [1.165, 1.54) is 11.8 Å². The van der Waals surface area contributed by atoms with Gasteiger partial charge in [-0.1, -0.05) is 12.1 Å². The number of hydrogen-bond acceptors (Lipinski definition) is 6. The number of amides is 1. The third-order valence-electron chi connectivity index (χ3n) is 6.98. The normalized spacial score (nSPS) is 20.6. The molecule has 180 valence electrons. The standard InChI is InChI=1S/C26H28N6O2S/c1-28-19-8-4-17-5-11-25(34)32(22(17)12-19)14-21(27)16-2-6-18(7-3-16)29-13-20-9-10-23-26(30-20)31-24(33)15-35-23/h4-5,8-12,16,18,21,29H,2-3,6-7,13-15,27H2,(H,30,31,33). The fourth-order valence-corrected chi connectivity index (χ4v) is 5.75. The molecule has 3 aromatic rings. The molecule has 1 aromatic carbocycles. The van der Waals surface area contributed by atoms with Gasteiger partial charge in [0.2, 0.25) is 5.91 Å². The topological polar surface area (TPSA) is 106 Å². The molecule has 1 aliphatic heterocycles. The summed E-state index contributed by atoms with van der Waals surface area (Å²) in [6.45, 7) is 8.39. The fraction of sp³-hybridized carbons (Fsp3) is 0.385. The molecule has 35 heavy (non-hydrogen) atoms. The van der Waals surface area contributed by atoms with Crippen LogP contribution in [0.4, 0.5) is 11.5 Å². The second-order valence-electron chi connectivity index (χ2n) is 9.28. The van der Waals surface area contributed by atoms with E-state index in [-0.39, 0.29) is 17.5 Å². The highest BCUT2D eigenvalue weighted by Gasteiger charge is 2.26. The van der Waals surface area contributed by atoms with Crippen LogP contribution in [0.15, 0.2) is 52.2 Å². The van der Waals surface area contributed by atoms with Crippen LogP contribution in [0, 0.1) is 12.5 Å². The quantitative estimate of drug-likeness (QED) is 0.457. The summed E-state index contributed by atoms with van der Waals surface area (Å²) in [6.07, 6.45) is 4.02. The van der Waals surface area contributed by atoms with Crippen LogP contribution in [0.25, 0.3) is 15.7 Å². The van der Waals surface area contributed by atoms with E-state index in [1.807, 2.05) is 18.2 Å². The van der Waals surface area contributed by atoms with Crippen molar-refractivity contribution in [1.29, 1.82) is 0 Å². The van der Waals surface area contributed by atoms with E-state index < -0.39 is 0 Å². The summed E-state index contributed by atoms with van der Waals surface area (Å²) in [4.78, 5) is 33.4. The Labute approximate surface area is 208 Å². The maximum atomic E-state index is 12.6. The minimum atomic E-state index is -0.126. The van der Waals surface area contributed by atoms with Crippen molar-refractivity contribution in [1.82, 2.24) is 14.9 Å². The SMILES string of the molecule is [C-]#[N+]c1ccc2ccc(=O)n(CC(N)C3CCC(NCc4ccc5c(n4)NC(=O)CS5)CC3)c2c1. The van der Waals surface area contributed by atoms with Crippen molar-refractivity contribution in [3.63, 3.8) is 0 Å². The van der Waals surface area contributed by atoms with Gasteiger partial charge in [0, 0.05) is 36.8 Å². The third kappa shape index (κ3) is 5.25. The second-order valence-corrected chi connectivity index (χ2v) is 10.3. The number of carbonyl (C=O) groups excluding carboxylic acids is 1. The molecule has 5 rings (SSSR count). The number of rotatable bonds is 6. The summed E-state index contributed by atoms with van der Waals surface area (Å²) in [6, 6.07) is 13.1. The predicted molar refractivity (Wildman–Crippen MR) is 139 cm³/mol. The van der Waals surface area contributed by atoms with Gasteiger partial charge in [-0.2, -0.15) is 0 Å². The molecule has 1 amide bonds. The zero-order valence-electron chi connectivity index (χ0n) is 19.4. The molecule has 4 N–H and O–H groups in total. The van der Waals surface area contributed by atoms with E-state index in [0.717, 1.165) is 47.2 Å². The van der Waals surface area contributed by atoms with E-state index in [0.29, 0.717) is 42.3 Å². The van der Waals surface area contributed by atoms with Crippen molar-refractivity contribution in [3.05, 3.63) is 69.9 Å². The van der Waals surface area contributed by atoms with Crippen LogP contribution >= 0.6 is 11.8 Å². The van der Waals surface area contributed by atoms with Crippen molar-refractivity contribution >= 4 is 40.1 Å². The lowest BCUT2D eigenvalue weighted by Crippen LogP contribution is -2.42. The number of thioether (sulfide) groups is 1. The molecule has 1 fully saturated rings. The molecule has 1 saturated carbocycles. The number of nitrogens with two attached hydrogens (primary N) is 1. The molecule has 1 aliphatic carbocycles. The first kappa shape index (κ1) is 23.5. The fourth-order valence-electron chi connectivity index (χ4n) is 5.00. The Balaban J connectivity index is 1.17. The van der Waals surface area contributed by atoms with Crippen LogP contribution in [0.5, 0.6) is 0 Å². The van der Waals surface area contributed by atoms with E-state index in [1.54, 1.807) is 28.8 Å². The van der Waals surface area contributed by atoms with Gasteiger partial charge in [0.15, 0.2) is 5.69 Å². The van der Waals surface area contributed by atoms with Gasteiger partial charge >= 0.3 is 0 Å². The average molecular weight is 489 g/mol. The molecule has 9 heteroatoms. The highest BCUT2D eigenvalue weighted by Crippen LogP contribution is 2.30. The van der Waals surface area contributed by atoms with Gasteiger partial charge in [-0.25, -0.2) is 9.83 Å². The summed E-state index contributed by atoms with van der Waals surface area (Å²) in [5, 5.41) is 7.39. The van der Waals surface area contributed by atoms with Gasteiger partial charge in [0.05, 0.1) is 22.9 Å². The summed E-state index contributed by atoms with van der Waals surface area (Å²) >= 11 is 1.52. The van der Waals surface area contributed by atoms with Gasteiger partial charge in [0.1, 0.15) is 5.82 Å². The monoisotopic (exact) mass is 488 g/mol. The highest BCUT2D eigenvalue weighted by molar-refractivity contribution is 8.00. The number of nitrogens with zero attached hydrogens (tertiary/aromatic N) is 3. The lowest BCUT2D eigenvalue weighted by atomic mass is 9.81. The van der Waals surface area contributed by atoms with Gasteiger partial charge in [-0.3, -0.25) is 9.59 Å².